The average molecular weight is 304 g/mol. The Bertz CT molecular complexity index is 457. The van der Waals surface area contributed by atoms with E-state index >= 15 is 0 Å². The molecule has 1 saturated carbocycles. The molecule has 3 atom stereocenters. The Morgan fingerprint density at radius 2 is 1.95 bits per heavy atom. The van der Waals surface area contributed by atoms with Crippen LogP contribution >= 0.6 is 0 Å². The molecular formula is C18H28N2O2. The second-order valence-corrected chi connectivity index (χ2v) is 6.68. The molecule has 3 unspecified atom stereocenters. The van der Waals surface area contributed by atoms with Crippen molar-refractivity contribution in [3.8, 4) is 0 Å². The lowest BCUT2D eigenvalue weighted by Gasteiger charge is -2.20. The van der Waals surface area contributed by atoms with Gasteiger partial charge in [0.25, 0.3) is 0 Å². The quantitative estimate of drug-likeness (QED) is 0.691. The summed E-state index contributed by atoms with van der Waals surface area (Å²) in [5.41, 5.74) is 1.27. The van der Waals surface area contributed by atoms with Crippen LogP contribution in [0.15, 0.2) is 30.3 Å². The Kier molecular flexibility index (Phi) is 6.25. The van der Waals surface area contributed by atoms with Gasteiger partial charge in [0, 0.05) is 12.6 Å². The van der Waals surface area contributed by atoms with Gasteiger partial charge in [-0.25, -0.2) is 4.79 Å². The Balaban J connectivity index is 1.77. The second kappa shape index (κ2) is 8.18. The van der Waals surface area contributed by atoms with Crippen LogP contribution in [-0.2, 0) is 6.42 Å². The molecule has 0 saturated heterocycles. The third kappa shape index (κ3) is 6.06. The molecule has 0 heterocycles. The number of urea groups is 1. The lowest BCUT2D eigenvalue weighted by molar-refractivity contribution is 0.163. The summed E-state index contributed by atoms with van der Waals surface area (Å²) in [5.74, 6) is 0.889. The summed E-state index contributed by atoms with van der Waals surface area (Å²) >= 11 is 0. The summed E-state index contributed by atoms with van der Waals surface area (Å²) in [6.45, 7) is 4.41. The molecule has 0 bridgehead atoms. The van der Waals surface area contributed by atoms with E-state index in [1.165, 1.54) is 18.4 Å². The number of amides is 2. The maximum atomic E-state index is 12.1. The van der Waals surface area contributed by atoms with Crippen LogP contribution in [0.1, 0.15) is 38.7 Å². The number of carbonyl (C=O) groups is 1. The van der Waals surface area contributed by atoms with Gasteiger partial charge in [-0.05, 0) is 50.0 Å². The normalized spacial score (nSPS) is 18.3. The van der Waals surface area contributed by atoms with Gasteiger partial charge in [-0.1, -0.05) is 37.3 Å². The molecule has 1 aromatic carbocycles. The van der Waals surface area contributed by atoms with Crippen molar-refractivity contribution in [1.82, 2.24) is 10.6 Å². The van der Waals surface area contributed by atoms with E-state index in [2.05, 4.69) is 22.8 Å². The van der Waals surface area contributed by atoms with Crippen LogP contribution in [0.4, 0.5) is 4.79 Å². The van der Waals surface area contributed by atoms with Crippen LogP contribution in [0, 0.1) is 11.8 Å². The minimum absolute atomic E-state index is 0.0923. The molecule has 22 heavy (non-hydrogen) atoms. The number of benzene rings is 1. The van der Waals surface area contributed by atoms with Crippen LogP contribution in [0.5, 0.6) is 0 Å². The summed E-state index contributed by atoms with van der Waals surface area (Å²) in [6.07, 6.45) is 3.68. The zero-order chi connectivity index (χ0) is 15.9. The Labute approximate surface area is 133 Å². The van der Waals surface area contributed by atoms with E-state index in [0.717, 1.165) is 6.42 Å². The van der Waals surface area contributed by atoms with Crippen molar-refractivity contribution in [3.05, 3.63) is 35.9 Å². The lowest BCUT2D eigenvalue weighted by Crippen LogP contribution is -2.45. The fourth-order valence-electron chi connectivity index (χ4n) is 2.85. The van der Waals surface area contributed by atoms with E-state index in [1.807, 2.05) is 25.1 Å². The number of nitrogens with one attached hydrogen (secondary N) is 2. The van der Waals surface area contributed by atoms with E-state index in [-0.39, 0.29) is 24.1 Å². The highest BCUT2D eigenvalue weighted by Gasteiger charge is 2.32. The summed E-state index contributed by atoms with van der Waals surface area (Å²) in [4.78, 5) is 12.1. The van der Waals surface area contributed by atoms with E-state index in [1.54, 1.807) is 6.92 Å². The van der Waals surface area contributed by atoms with Gasteiger partial charge in [0.05, 0.1) is 6.10 Å². The van der Waals surface area contributed by atoms with Crippen molar-refractivity contribution in [1.29, 1.82) is 0 Å². The fraction of sp³-hybridized carbons (Fsp3) is 0.611. The average Bonchev–Trinajstić information content (AvgIpc) is 3.29. The van der Waals surface area contributed by atoms with Crippen LogP contribution in [0.2, 0.25) is 0 Å². The first-order valence-electron chi connectivity index (χ1n) is 8.31. The van der Waals surface area contributed by atoms with E-state index in [4.69, 9.17) is 0 Å². The molecule has 1 aromatic rings. The maximum Gasteiger partial charge on any atom is 0.315 e. The van der Waals surface area contributed by atoms with Crippen molar-refractivity contribution >= 4 is 6.03 Å². The molecule has 0 aliphatic heterocycles. The predicted molar refractivity (Wildman–Crippen MR) is 88.7 cm³/mol. The zero-order valence-electron chi connectivity index (χ0n) is 13.6. The summed E-state index contributed by atoms with van der Waals surface area (Å²) in [5, 5.41) is 15.4. The molecule has 0 aromatic heterocycles. The Hall–Kier alpha value is -1.55. The van der Waals surface area contributed by atoms with Crippen molar-refractivity contribution < 1.29 is 9.90 Å². The molecule has 1 fully saturated rings. The molecule has 2 rings (SSSR count). The van der Waals surface area contributed by atoms with Gasteiger partial charge in [-0.15, -0.1) is 0 Å². The number of aliphatic hydroxyl groups excluding tert-OH is 1. The van der Waals surface area contributed by atoms with Crippen molar-refractivity contribution in [2.45, 2.75) is 51.7 Å². The van der Waals surface area contributed by atoms with Gasteiger partial charge in [0.1, 0.15) is 0 Å². The smallest absolute Gasteiger partial charge is 0.315 e. The fourth-order valence-corrected chi connectivity index (χ4v) is 2.85. The van der Waals surface area contributed by atoms with Gasteiger partial charge in [0.2, 0.25) is 0 Å². The Morgan fingerprint density at radius 3 is 2.55 bits per heavy atom. The molecule has 4 heteroatoms. The molecule has 3 N–H and O–H groups in total. The van der Waals surface area contributed by atoms with Crippen LogP contribution < -0.4 is 10.6 Å². The van der Waals surface area contributed by atoms with Gasteiger partial charge in [-0.2, -0.15) is 0 Å². The number of aliphatic hydroxyl groups is 1. The molecular weight excluding hydrogens is 276 g/mol. The monoisotopic (exact) mass is 304 g/mol. The zero-order valence-corrected chi connectivity index (χ0v) is 13.6. The number of hydrogen-bond acceptors (Lipinski definition) is 2. The van der Waals surface area contributed by atoms with Crippen molar-refractivity contribution in [2.24, 2.45) is 11.8 Å². The van der Waals surface area contributed by atoms with Crippen molar-refractivity contribution in [3.63, 3.8) is 0 Å². The predicted octanol–water partition coefficient (Wildman–Crippen LogP) is 2.71. The summed E-state index contributed by atoms with van der Waals surface area (Å²) < 4.78 is 0. The first-order valence-corrected chi connectivity index (χ1v) is 8.31. The third-order valence-electron chi connectivity index (χ3n) is 4.16. The van der Waals surface area contributed by atoms with Crippen LogP contribution in [0.3, 0.4) is 0 Å². The molecule has 1 aliphatic rings. The lowest BCUT2D eigenvalue weighted by atomic mass is 10.0. The summed E-state index contributed by atoms with van der Waals surface area (Å²) in [7, 11) is 0. The van der Waals surface area contributed by atoms with Gasteiger partial charge in [-0.3, -0.25) is 0 Å². The molecule has 122 valence electrons. The van der Waals surface area contributed by atoms with E-state index in [9.17, 15) is 9.90 Å². The van der Waals surface area contributed by atoms with E-state index < -0.39 is 0 Å². The molecule has 0 radical (unpaired) electrons. The SMILES string of the molecule is CC(O)CC(C)CNC(=O)NC(Cc1ccccc1)C1CC1. The van der Waals surface area contributed by atoms with Gasteiger partial charge < -0.3 is 15.7 Å². The number of carbonyl (C=O) groups excluding carboxylic acids is 1. The molecule has 2 amide bonds. The van der Waals surface area contributed by atoms with Crippen LogP contribution in [0.25, 0.3) is 0 Å². The highest BCUT2D eigenvalue weighted by Crippen LogP contribution is 2.34. The minimum atomic E-state index is -0.322. The van der Waals surface area contributed by atoms with E-state index in [0.29, 0.717) is 18.9 Å². The second-order valence-electron chi connectivity index (χ2n) is 6.68. The molecule has 1 aliphatic carbocycles. The van der Waals surface area contributed by atoms with Gasteiger partial charge in [0.15, 0.2) is 0 Å². The van der Waals surface area contributed by atoms with Crippen LogP contribution in [-0.4, -0.2) is 29.8 Å². The van der Waals surface area contributed by atoms with Gasteiger partial charge >= 0.3 is 6.03 Å². The Morgan fingerprint density at radius 1 is 1.27 bits per heavy atom. The maximum absolute atomic E-state index is 12.1. The molecule has 0 spiro atoms. The third-order valence-corrected chi connectivity index (χ3v) is 4.16. The number of rotatable bonds is 8. The minimum Gasteiger partial charge on any atom is -0.393 e. The largest absolute Gasteiger partial charge is 0.393 e. The first kappa shape index (κ1) is 16.8. The van der Waals surface area contributed by atoms with Crippen molar-refractivity contribution in [2.75, 3.05) is 6.54 Å². The summed E-state index contributed by atoms with van der Waals surface area (Å²) in [6, 6.07) is 10.4. The number of hydrogen-bond donors (Lipinski definition) is 3. The highest BCUT2D eigenvalue weighted by molar-refractivity contribution is 5.74. The topological polar surface area (TPSA) is 61.4 Å². The highest BCUT2D eigenvalue weighted by atomic mass is 16.3. The first-order chi connectivity index (χ1) is 10.5. The molecule has 4 nitrogen and oxygen atoms in total. The standard InChI is InChI=1S/C18H28N2O2/c1-13(10-14(2)21)12-19-18(22)20-17(16-8-9-16)11-15-6-4-3-5-7-15/h3-7,13-14,16-17,21H,8-12H2,1-2H3,(H2,19,20,22).